The normalized spacial score (nSPS) is 19.6. The van der Waals surface area contributed by atoms with Crippen LogP contribution in [0.1, 0.15) is 32.3 Å². The summed E-state index contributed by atoms with van der Waals surface area (Å²) in [6, 6.07) is 6.19. The highest BCUT2D eigenvalue weighted by molar-refractivity contribution is 7.91. The van der Waals surface area contributed by atoms with Crippen LogP contribution in [-0.4, -0.2) is 57.5 Å². The second kappa shape index (κ2) is 8.08. The third-order valence-electron chi connectivity index (χ3n) is 4.50. The van der Waals surface area contributed by atoms with Gasteiger partial charge in [0.2, 0.25) is 5.91 Å². The maximum Gasteiger partial charge on any atom is 0.223 e. The Balaban J connectivity index is 2.08. The van der Waals surface area contributed by atoms with Crippen LogP contribution in [0.25, 0.3) is 0 Å². The van der Waals surface area contributed by atoms with Crippen molar-refractivity contribution in [3.63, 3.8) is 0 Å². The summed E-state index contributed by atoms with van der Waals surface area (Å²) in [5.41, 5.74) is 0.963. The largest absolute Gasteiger partial charge is 0.338 e. The average molecular weight is 402 g/mol. The lowest BCUT2D eigenvalue weighted by Gasteiger charge is -2.30. The molecule has 1 heterocycles. The van der Waals surface area contributed by atoms with Crippen molar-refractivity contribution < 1.29 is 21.6 Å². The molecule has 1 saturated heterocycles. The lowest BCUT2D eigenvalue weighted by molar-refractivity contribution is -0.133. The van der Waals surface area contributed by atoms with Crippen LogP contribution in [0, 0.1) is 12.8 Å². The zero-order chi connectivity index (χ0) is 19.5. The Bertz CT molecular complexity index is 842. The zero-order valence-electron chi connectivity index (χ0n) is 15.5. The number of amides is 1. The standard InChI is InChI=1S/C18H27NO5S2/c1-14(2)12-19(16-8-10-25(21,22)13-16)18(20)9-11-26(23,24)17-6-4-15(3)5-7-17/h4-7,14,16H,8-13H2,1-3H3/t16-/m0/s1. The molecule has 1 aliphatic heterocycles. The molecule has 2 rings (SSSR count). The molecule has 0 aliphatic carbocycles. The summed E-state index contributed by atoms with van der Waals surface area (Å²) in [5.74, 6) is -0.340. The molecule has 1 atom stereocenters. The Kier molecular flexibility index (Phi) is 6.50. The third kappa shape index (κ3) is 5.54. The molecule has 0 bridgehead atoms. The lowest BCUT2D eigenvalue weighted by atomic mass is 10.1. The lowest BCUT2D eigenvalue weighted by Crippen LogP contribution is -2.43. The molecule has 0 aromatic heterocycles. The van der Waals surface area contributed by atoms with E-state index in [9.17, 15) is 21.6 Å². The Labute approximate surface area is 156 Å². The van der Waals surface area contributed by atoms with Crippen LogP contribution >= 0.6 is 0 Å². The molecule has 1 aliphatic rings. The number of hydrogen-bond donors (Lipinski definition) is 0. The molecule has 1 aromatic carbocycles. The second-order valence-electron chi connectivity index (χ2n) is 7.38. The SMILES string of the molecule is Cc1ccc(S(=O)(=O)CCC(=O)N(CC(C)C)[C@H]2CCS(=O)(=O)C2)cc1. The maximum atomic E-state index is 12.7. The van der Waals surface area contributed by atoms with E-state index in [1.54, 1.807) is 29.2 Å². The first kappa shape index (κ1) is 20.9. The van der Waals surface area contributed by atoms with Crippen molar-refractivity contribution >= 4 is 25.6 Å². The number of carbonyl (C=O) groups excluding carboxylic acids is 1. The predicted molar refractivity (Wildman–Crippen MR) is 101 cm³/mol. The first-order chi connectivity index (χ1) is 12.0. The van der Waals surface area contributed by atoms with Crippen molar-refractivity contribution in [1.82, 2.24) is 4.90 Å². The monoisotopic (exact) mass is 401 g/mol. The van der Waals surface area contributed by atoms with Crippen molar-refractivity contribution in [1.29, 1.82) is 0 Å². The van der Waals surface area contributed by atoms with Crippen molar-refractivity contribution in [2.24, 2.45) is 5.92 Å². The van der Waals surface area contributed by atoms with Crippen molar-refractivity contribution in [2.45, 2.75) is 44.6 Å². The number of nitrogens with zero attached hydrogens (tertiary/aromatic N) is 1. The van der Waals surface area contributed by atoms with E-state index in [-0.39, 0.29) is 46.4 Å². The number of rotatable bonds is 7. The quantitative estimate of drug-likeness (QED) is 0.695. The van der Waals surface area contributed by atoms with Crippen LogP contribution in [0.4, 0.5) is 0 Å². The van der Waals surface area contributed by atoms with Gasteiger partial charge in [-0.15, -0.1) is 0 Å². The third-order valence-corrected chi connectivity index (χ3v) is 7.98. The van der Waals surface area contributed by atoms with Gasteiger partial charge in [0, 0.05) is 19.0 Å². The maximum absolute atomic E-state index is 12.7. The molecule has 1 fully saturated rings. The molecule has 0 N–H and O–H groups in total. The van der Waals surface area contributed by atoms with Crippen molar-refractivity contribution in [2.75, 3.05) is 23.8 Å². The van der Waals surface area contributed by atoms with Crippen LogP contribution < -0.4 is 0 Å². The van der Waals surface area contributed by atoms with E-state index in [2.05, 4.69) is 0 Å². The number of aryl methyl sites for hydroxylation is 1. The van der Waals surface area contributed by atoms with E-state index >= 15 is 0 Å². The van der Waals surface area contributed by atoms with Crippen LogP contribution in [-0.2, 0) is 24.5 Å². The fraction of sp³-hybridized carbons (Fsp3) is 0.611. The average Bonchev–Trinajstić information content (AvgIpc) is 2.90. The fourth-order valence-corrected chi connectivity index (χ4v) is 6.06. The summed E-state index contributed by atoms with van der Waals surface area (Å²) >= 11 is 0. The number of benzene rings is 1. The molecule has 1 aromatic rings. The zero-order valence-corrected chi connectivity index (χ0v) is 17.1. The van der Waals surface area contributed by atoms with Gasteiger partial charge in [0.1, 0.15) is 0 Å². The van der Waals surface area contributed by atoms with Crippen LogP contribution in [0.15, 0.2) is 29.2 Å². The minimum absolute atomic E-state index is 0.0316. The number of sulfone groups is 2. The molecule has 26 heavy (non-hydrogen) atoms. The summed E-state index contributed by atoms with van der Waals surface area (Å²) in [6.45, 7) is 6.21. The molecule has 0 spiro atoms. The minimum atomic E-state index is -3.55. The van der Waals surface area contributed by atoms with E-state index in [1.807, 2.05) is 20.8 Å². The van der Waals surface area contributed by atoms with Gasteiger partial charge < -0.3 is 4.90 Å². The van der Waals surface area contributed by atoms with Gasteiger partial charge >= 0.3 is 0 Å². The van der Waals surface area contributed by atoms with Gasteiger partial charge in [0.25, 0.3) is 0 Å². The first-order valence-corrected chi connectivity index (χ1v) is 12.3. The van der Waals surface area contributed by atoms with Crippen LogP contribution in [0.2, 0.25) is 0 Å². The highest BCUT2D eigenvalue weighted by Gasteiger charge is 2.35. The van der Waals surface area contributed by atoms with Gasteiger partial charge in [0.15, 0.2) is 19.7 Å². The van der Waals surface area contributed by atoms with Gasteiger partial charge in [-0.1, -0.05) is 31.5 Å². The molecule has 146 valence electrons. The Morgan fingerprint density at radius 1 is 1.23 bits per heavy atom. The minimum Gasteiger partial charge on any atom is -0.338 e. The second-order valence-corrected chi connectivity index (χ2v) is 11.7. The number of hydrogen-bond acceptors (Lipinski definition) is 5. The van der Waals surface area contributed by atoms with Gasteiger partial charge in [0.05, 0.1) is 22.2 Å². The Morgan fingerprint density at radius 2 is 1.85 bits per heavy atom. The molecule has 8 heteroatoms. The Morgan fingerprint density at radius 3 is 2.35 bits per heavy atom. The van der Waals surface area contributed by atoms with E-state index < -0.39 is 19.7 Å². The summed E-state index contributed by atoms with van der Waals surface area (Å²) in [6.07, 6.45) is 0.283. The van der Waals surface area contributed by atoms with E-state index in [1.165, 1.54) is 0 Å². The molecule has 0 unspecified atom stereocenters. The molecule has 0 radical (unpaired) electrons. The van der Waals surface area contributed by atoms with Crippen LogP contribution in [0.3, 0.4) is 0 Å². The molecule has 0 saturated carbocycles. The predicted octanol–water partition coefficient (Wildman–Crippen LogP) is 1.83. The van der Waals surface area contributed by atoms with Gasteiger partial charge in [-0.3, -0.25) is 4.79 Å². The summed E-state index contributed by atoms with van der Waals surface area (Å²) in [7, 11) is -6.66. The van der Waals surface area contributed by atoms with E-state index in [4.69, 9.17) is 0 Å². The molecular formula is C18H27NO5S2. The first-order valence-electron chi connectivity index (χ1n) is 8.79. The number of carbonyl (C=O) groups is 1. The summed E-state index contributed by atoms with van der Waals surface area (Å²) < 4.78 is 48.4. The fourth-order valence-electron chi connectivity index (χ4n) is 3.10. The van der Waals surface area contributed by atoms with Crippen molar-refractivity contribution in [3.05, 3.63) is 29.8 Å². The highest BCUT2D eigenvalue weighted by atomic mass is 32.2. The molecule has 1 amide bonds. The summed E-state index contributed by atoms with van der Waals surface area (Å²) in [5, 5.41) is 0. The van der Waals surface area contributed by atoms with Crippen LogP contribution in [0.5, 0.6) is 0 Å². The highest BCUT2D eigenvalue weighted by Crippen LogP contribution is 2.21. The summed E-state index contributed by atoms with van der Waals surface area (Å²) in [4.78, 5) is 14.4. The van der Waals surface area contributed by atoms with E-state index in [0.29, 0.717) is 13.0 Å². The molecular weight excluding hydrogens is 374 g/mol. The van der Waals surface area contributed by atoms with Crippen molar-refractivity contribution in [3.8, 4) is 0 Å². The topological polar surface area (TPSA) is 88.6 Å². The van der Waals surface area contributed by atoms with Gasteiger partial charge in [-0.2, -0.15) is 0 Å². The molecule has 6 nitrogen and oxygen atoms in total. The van der Waals surface area contributed by atoms with E-state index in [0.717, 1.165) is 5.56 Å². The smallest absolute Gasteiger partial charge is 0.223 e. The van der Waals surface area contributed by atoms with Gasteiger partial charge in [-0.05, 0) is 31.4 Å². The Hall–Kier alpha value is -1.41. The van der Waals surface area contributed by atoms with Gasteiger partial charge in [-0.25, -0.2) is 16.8 Å².